The number of hydrogen-bond acceptors (Lipinski definition) is 5. The predicted octanol–water partition coefficient (Wildman–Crippen LogP) is 2.98. The van der Waals surface area contributed by atoms with E-state index in [2.05, 4.69) is 17.0 Å². The molecule has 2 aromatic carbocycles. The van der Waals surface area contributed by atoms with E-state index < -0.39 is 5.91 Å². The minimum atomic E-state index is -0.538. The average molecular weight is 395 g/mol. The van der Waals surface area contributed by atoms with Gasteiger partial charge in [-0.3, -0.25) is 19.7 Å². The van der Waals surface area contributed by atoms with Gasteiger partial charge in [-0.15, -0.1) is 11.3 Å². The van der Waals surface area contributed by atoms with Crippen LogP contribution in [0, 0.1) is 0 Å². The SMILES string of the molecule is O=C(NO)c1cc2ccc(C(=O)N3CCN(Cc4ccccc4)CC3)cc2s1. The Hall–Kier alpha value is -2.74. The summed E-state index contributed by atoms with van der Waals surface area (Å²) >= 11 is 1.26. The van der Waals surface area contributed by atoms with Gasteiger partial charge >= 0.3 is 0 Å². The molecule has 0 bridgehead atoms. The van der Waals surface area contributed by atoms with Gasteiger partial charge in [-0.25, -0.2) is 5.48 Å². The van der Waals surface area contributed by atoms with Crippen LogP contribution in [0.15, 0.2) is 54.6 Å². The number of thiophene rings is 1. The number of fused-ring (bicyclic) bond motifs is 1. The molecular weight excluding hydrogens is 374 g/mol. The van der Waals surface area contributed by atoms with Crippen LogP contribution in [-0.2, 0) is 6.54 Å². The molecular formula is C21H21N3O3S. The summed E-state index contributed by atoms with van der Waals surface area (Å²) in [5.74, 6) is -0.522. The van der Waals surface area contributed by atoms with Crippen LogP contribution in [0.3, 0.4) is 0 Å². The molecule has 1 aliphatic rings. The standard InChI is InChI=1S/C21H21N3O3S/c25-20(22-27)19-12-16-6-7-17(13-18(16)28-19)21(26)24-10-8-23(9-11-24)14-15-4-2-1-3-5-15/h1-7,12-13,27H,8-11,14H2,(H,22,25). The Labute approximate surface area is 167 Å². The van der Waals surface area contributed by atoms with Crippen LogP contribution >= 0.6 is 11.3 Å². The summed E-state index contributed by atoms with van der Waals surface area (Å²) in [6, 6.07) is 17.5. The smallest absolute Gasteiger partial charge is 0.284 e. The maximum absolute atomic E-state index is 12.9. The van der Waals surface area contributed by atoms with Gasteiger partial charge in [-0.05, 0) is 29.1 Å². The highest BCUT2D eigenvalue weighted by atomic mass is 32.1. The number of hydrogen-bond donors (Lipinski definition) is 2. The number of hydroxylamine groups is 1. The van der Waals surface area contributed by atoms with Crippen molar-refractivity contribution in [1.82, 2.24) is 15.3 Å². The van der Waals surface area contributed by atoms with Crippen LogP contribution < -0.4 is 5.48 Å². The number of benzene rings is 2. The lowest BCUT2D eigenvalue weighted by Crippen LogP contribution is -2.48. The Morgan fingerprint density at radius 2 is 1.75 bits per heavy atom. The van der Waals surface area contributed by atoms with Gasteiger partial charge in [-0.1, -0.05) is 36.4 Å². The summed E-state index contributed by atoms with van der Waals surface area (Å²) in [6.45, 7) is 4.00. The molecule has 2 heterocycles. The zero-order valence-electron chi connectivity index (χ0n) is 15.3. The molecule has 1 aliphatic heterocycles. The number of piperazine rings is 1. The maximum Gasteiger partial charge on any atom is 0.284 e. The second kappa shape index (κ2) is 8.10. The third-order valence-electron chi connectivity index (χ3n) is 5.00. The largest absolute Gasteiger partial charge is 0.336 e. The monoisotopic (exact) mass is 395 g/mol. The third-order valence-corrected chi connectivity index (χ3v) is 6.10. The average Bonchev–Trinajstić information content (AvgIpc) is 3.17. The van der Waals surface area contributed by atoms with Crippen molar-refractivity contribution < 1.29 is 14.8 Å². The van der Waals surface area contributed by atoms with E-state index in [0.29, 0.717) is 23.5 Å². The molecule has 144 valence electrons. The normalized spacial score (nSPS) is 15.0. The molecule has 1 fully saturated rings. The molecule has 0 aliphatic carbocycles. The van der Waals surface area contributed by atoms with Crippen LogP contribution in [0.25, 0.3) is 10.1 Å². The summed E-state index contributed by atoms with van der Waals surface area (Å²) < 4.78 is 0.854. The lowest BCUT2D eigenvalue weighted by atomic mass is 10.1. The Morgan fingerprint density at radius 1 is 1.00 bits per heavy atom. The van der Waals surface area contributed by atoms with E-state index >= 15 is 0 Å². The van der Waals surface area contributed by atoms with Crippen LogP contribution in [0.4, 0.5) is 0 Å². The molecule has 3 aromatic rings. The van der Waals surface area contributed by atoms with E-state index in [-0.39, 0.29) is 5.91 Å². The summed E-state index contributed by atoms with van der Waals surface area (Å²) in [5, 5.41) is 9.67. The van der Waals surface area contributed by atoms with Gasteiger partial charge in [0.2, 0.25) is 0 Å². The second-order valence-electron chi connectivity index (χ2n) is 6.86. The fraction of sp³-hybridized carbons (Fsp3) is 0.238. The molecule has 1 saturated heterocycles. The Morgan fingerprint density at radius 3 is 2.46 bits per heavy atom. The molecule has 0 atom stereocenters. The van der Waals surface area contributed by atoms with Crippen molar-refractivity contribution in [3.05, 3.63) is 70.6 Å². The summed E-state index contributed by atoms with van der Waals surface area (Å²) in [4.78, 5) is 29.1. The second-order valence-corrected chi connectivity index (χ2v) is 7.94. The van der Waals surface area contributed by atoms with Crippen LogP contribution in [0.2, 0.25) is 0 Å². The van der Waals surface area contributed by atoms with Gasteiger partial charge in [0.1, 0.15) is 0 Å². The zero-order chi connectivity index (χ0) is 19.5. The molecule has 0 spiro atoms. The number of carbonyl (C=O) groups is 2. The van der Waals surface area contributed by atoms with Crippen LogP contribution in [0.5, 0.6) is 0 Å². The molecule has 7 heteroatoms. The summed E-state index contributed by atoms with van der Waals surface area (Å²) in [6.07, 6.45) is 0. The zero-order valence-corrected chi connectivity index (χ0v) is 16.1. The molecule has 0 radical (unpaired) electrons. The molecule has 6 nitrogen and oxygen atoms in total. The highest BCUT2D eigenvalue weighted by Gasteiger charge is 2.22. The molecule has 0 unspecified atom stereocenters. The van der Waals surface area contributed by atoms with E-state index in [4.69, 9.17) is 5.21 Å². The van der Waals surface area contributed by atoms with Crippen molar-refractivity contribution >= 4 is 33.2 Å². The highest BCUT2D eigenvalue weighted by molar-refractivity contribution is 7.20. The lowest BCUT2D eigenvalue weighted by molar-refractivity contribution is 0.0628. The molecule has 2 amide bonds. The van der Waals surface area contributed by atoms with E-state index in [1.165, 1.54) is 16.9 Å². The van der Waals surface area contributed by atoms with Gasteiger partial charge in [-0.2, -0.15) is 0 Å². The topological polar surface area (TPSA) is 72.9 Å². The predicted molar refractivity (Wildman–Crippen MR) is 109 cm³/mol. The van der Waals surface area contributed by atoms with Crippen molar-refractivity contribution in [2.75, 3.05) is 26.2 Å². The van der Waals surface area contributed by atoms with Crippen molar-refractivity contribution in [2.45, 2.75) is 6.54 Å². The maximum atomic E-state index is 12.9. The number of nitrogens with zero attached hydrogens (tertiary/aromatic N) is 2. The number of nitrogens with one attached hydrogen (secondary N) is 1. The van der Waals surface area contributed by atoms with Gasteiger partial charge in [0.15, 0.2) is 0 Å². The number of rotatable bonds is 4. The first-order chi connectivity index (χ1) is 13.6. The fourth-order valence-electron chi connectivity index (χ4n) is 3.46. The van der Waals surface area contributed by atoms with E-state index in [1.807, 2.05) is 35.2 Å². The van der Waals surface area contributed by atoms with Crippen molar-refractivity contribution in [3.8, 4) is 0 Å². The van der Waals surface area contributed by atoms with Crippen LogP contribution in [-0.4, -0.2) is 53.0 Å². The van der Waals surface area contributed by atoms with E-state index in [0.717, 1.165) is 29.7 Å². The molecule has 2 N–H and O–H groups in total. The molecule has 4 rings (SSSR count). The molecule has 0 saturated carbocycles. The fourth-order valence-corrected chi connectivity index (χ4v) is 4.46. The Balaban J connectivity index is 1.41. The minimum Gasteiger partial charge on any atom is -0.336 e. The lowest BCUT2D eigenvalue weighted by Gasteiger charge is -2.34. The van der Waals surface area contributed by atoms with Crippen molar-refractivity contribution in [1.29, 1.82) is 0 Å². The van der Waals surface area contributed by atoms with Crippen molar-refractivity contribution in [3.63, 3.8) is 0 Å². The summed E-state index contributed by atoms with van der Waals surface area (Å²) in [5.41, 5.74) is 3.56. The van der Waals surface area contributed by atoms with Gasteiger partial charge in [0.25, 0.3) is 11.8 Å². The first-order valence-corrected chi connectivity index (χ1v) is 9.99. The first-order valence-electron chi connectivity index (χ1n) is 9.17. The third kappa shape index (κ3) is 3.91. The van der Waals surface area contributed by atoms with Gasteiger partial charge in [0, 0.05) is 43.0 Å². The summed E-state index contributed by atoms with van der Waals surface area (Å²) in [7, 11) is 0. The number of amides is 2. The first kappa shape index (κ1) is 18.6. The van der Waals surface area contributed by atoms with E-state index in [9.17, 15) is 9.59 Å². The number of carbonyl (C=O) groups excluding carboxylic acids is 2. The minimum absolute atomic E-state index is 0.0165. The van der Waals surface area contributed by atoms with Gasteiger partial charge in [0.05, 0.1) is 4.88 Å². The highest BCUT2D eigenvalue weighted by Crippen LogP contribution is 2.27. The van der Waals surface area contributed by atoms with Gasteiger partial charge < -0.3 is 4.90 Å². The Bertz CT molecular complexity index is 995. The van der Waals surface area contributed by atoms with Crippen molar-refractivity contribution in [2.24, 2.45) is 0 Å². The van der Waals surface area contributed by atoms with Crippen LogP contribution in [0.1, 0.15) is 25.6 Å². The Kier molecular flexibility index (Phi) is 5.38. The molecule has 1 aromatic heterocycles. The van der Waals surface area contributed by atoms with E-state index in [1.54, 1.807) is 17.6 Å². The molecule has 28 heavy (non-hydrogen) atoms. The quantitative estimate of drug-likeness (QED) is 0.526.